The second-order valence-corrected chi connectivity index (χ2v) is 13.3. The van der Waals surface area contributed by atoms with Crippen molar-refractivity contribution in [3.63, 3.8) is 0 Å². The van der Waals surface area contributed by atoms with Crippen LogP contribution in [0.4, 0.5) is 0 Å². The molecule has 0 heterocycles. The molecule has 9 heteroatoms. The molecule has 0 fully saturated rings. The van der Waals surface area contributed by atoms with Crippen molar-refractivity contribution in [3.8, 4) is 11.5 Å². The van der Waals surface area contributed by atoms with E-state index in [0.29, 0.717) is 18.1 Å². The van der Waals surface area contributed by atoms with Crippen LogP contribution in [0.3, 0.4) is 0 Å². The van der Waals surface area contributed by atoms with Gasteiger partial charge in [0.15, 0.2) is 0 Å². The van der Waals surface area contributed by atoms with Gasteiger partial charge in [0.2, 0.25) is 9.84 Å². The fraction of sp³-hybridized carbons (Fsp3) is 0.162. The van der Waals surface area contributed by atoms with Gasteiger partial charge in [-0.1, -0.05) is 84.4 Å². The van der Waals surface area contributed by atoms with Crippen molar-refractivity contribution in [1.82, 2.24) is 4.90 Å². The maximum atomic E-state index is 13.5. The van der Waals surface area contributed by atoms with E-state index in [2.05, 4.69) is 17.0 Å². The van der Waals surface area contributed by atoms with Crippen LogP contribution in [0.1, 0.15) is 39.6 Å². The summed E-state index contributed by atoms with van der Waals surface area (Å²) in [5.41, 5.74) is 2.89. The first-order valence-electron chi connectivity index (χ1n) is 14.8. The molecule has 0 aliphatic carbocycles. The first-order valence-corrected chi connectivity index (χ1v) is 16.7. The first-order chi connectivity index (χ1) is 22.2. The van der Waals surface area contributed by atoms with Crippen molar-refractivity contribution in [1.29, 1.82) is 0 Å². The molecule has 5 aromatic rings. The van der Waals surface area contributed by atoms with Crippen molar-refractivity contribution >= 4 is 27.4 Å². The summed E-state index contributed by atoms with van der Waals surface area (Å²) < 4.78 is 32.7. The van der Waals surface area contributed by atoms with Crippen LogP contribution in [0, 0.1) is 0 Å². The molecule has 0 amide bonds. The van der Waals surface area contributed by atoms with Gasteiger partial charge in [0.25, 0.3) is 0 Å². The number of aliphatic hydroxyl groups is 1. The Kier molecular flexibility index (Phi) is 10.9. The summed E-state index contributed by atoms with van der Waals surface area (Å²) in [6, 6.07) is 36.4. The van der Waals surface area contributed by atoms with Crippen molar-refractivity contribution in [3.05, 3.63) is 155 Å². The number of carboxylic acids is 1. The van der Waals surface area contributed by atoms with Crippen LogP contribution < -0.4 is 4.74 Å². The normalized spacial score (nSPS) is 12.2. The highest BCUT2D eigenvalue weighted by Crippen LogP contribution is 2.29. The zero-order valence-electron chi connectivity index (χ0n) is 25.0. The lowest BCUT2D eigenvalue weighted by atomic mass is 10.1. The van der Waals surface area contributed by atoms with Crippen molar-refractivity contribution < 1.29 is 28.2 Å². The molecular weight excluding hydrogens is 622 g/mol. The number of hydrogen-bond donors (Lipinski definition) is 2. The number of carboxylic acid groups (broad SMARTS) is 1. The number of sulfone groups is 1. The van der Waals surface area contributed by atoms with Gasteiger partial charge in [-0.3, -0.25) is 4.90 Å². The summed E-state index contributed by atoms with van der Waals surface area (Å²) in [6.45, 7) is 1.85. The second kappa shape index (κ2) is 15.2. The third kappa shape index (κ3) is 8.62. The highest BCUT2D eigenvalue weighted by molar-refractivity contribution is 7.91. The summed E-state index contributed by atoms with van der Waals surface area (Å²) in [6.07, 6.45) is 0.839. The van der Waals surface area contributed by atoms with Gasteiger partial charge < -0.3 is 14.9 Å². The standard InChI is InChI=1S/C37H34ClNO6S/c38-30-13-6-12-29(23-30)35(40)26-39(25-28-9-2-1-3-10-28)22-8-11-27-18-20-32(21-19-27)46(43,44)33-15-7-14-31(24-33)45-36-17-5-4-16-34(36)37(41)42/h1-7,9-10,12-21,23-24,35,40H,8,11,22,25-26H2,(H,41,42)/t35-/m1/s1. The number of rotatable bonds is 14. The summed E-state index contributed by atoms with van der Waals surface area (Å²) in [4.78, 5) is 13.9. The van der Waals surface area contributed by atoms with Crippen molar-refractivity contribution in [2.45, 2.75) is 35.3 Å². The van der Waals surface area contributed by atoms with Crippen molar-refractivity contribution in [2.75, 3.05) is 13.1 Å². The maximum absolute atomic E-state index is 13.5. The van der Waals surface area contributed by atoms with E-state index in [1.807, 2.05) is 42.5 Å². The lowest BCUT2D eigenvalue weighted by molar-refractivity contribution is 0.0694. The van der Waals surface area contributed by atoms with Crippen LogP contribution in [0.25, 0.3) is 0 Å². The van der Waals surface area contributed by atoms with Gasteiger partial charge in [-0.15, -0.1) is 0 Å². The van der Waals surface area contributed by atoms with Crippen LogP contribution in [0.2, 0.25) is 5.02 Å². The minimum atomic E-state index is -3.85. The number of nitrogens with zero attached hydrogens (tertiary/aromatic N) is 1. The molecule has 5 rings (SSSR count). The van der Waals surface area contributed by atoms with Crippen LogP contribution in [-0.2, 0) is 22.8 Å². The smallest absolute Gasteiger partial charge is 0.339 e. The van der Waals surface area contributed by atoms with Gasteiger partial charge in [-0.2, -0.15) is 0 Å². The zero-order chi connectivity index (χ0) is 32.5. The molecule has 0 unspecified atom stereocenters. The number of benzene rings is 5. The predicted molar refractivity (Wildman–Crippen MR) is 178 cm³/mol. The Morgan fingerprint density at radius 3 is 2.24 bits per heavy atom. The Morgan fingerprint density at radius 1 is 0.783 bits per heavy atom. The minimum absolute atomic E-state index is 0.0215. The van der Waals surface area contributed by atoms with Gasteiger partial charge in [0.05, 0.1) is 15.9 Å². The quantitative estimate of drug-likeness (QED) is 0.126. The van der Waals surface area contributed by atoms with Crippen LogP contribution in [0.5, 0.6) is 11.5 Å². The number of para-hydroxylation sites is 1. The molecule has 0 aliphatic rings. The highest BCUT2D eigenvalue weighted by Gasteiger charge is 2.20. The molecule has 5 aromatic carbocycles. The summed E-state index contributed by atoms with van der Waals surface area (Å²) in [7, 11) is -3.85. The molecule has 0 aromatic heterocycles. The monoisotopic (exact) mass is 655 g/mol. The lowest BCUT2D eigenvalue weighted by Gasteiger charge is -2.25. The molecule has 0 spiro atoms. The van der Waals surface area contributed by atoms with E-state index in [-0.39, 0.29) is 26.9 Å². The first kappa shape index (κ1) is 32.9. The van der Waals surface area contributed by atoms with Gasteiger partial charge in [0.1, 0.15) is 17.1 Å². The maximum Gasteiger partial charge on any atom is 0.339 e. The van der Waals surface area contributed by atoms with E-state index < -0.39 is 21.9 Å². The summed E-state index contributed by atoms with van der Waals surface area (Å²) in [5.74, 6) is -0.805. The van der Waals surface area contributed by atoms with E-state index >= 15 is 0 Å². The number of carbonyl (C=O) groups is 1. The molecule has 2 N–H and O–H groups in total. The van der Waals surface area contributed by atoms with Crippen LogP contribution in [-0.4, -0.2) is 42.6 Å². The van der Waals surface area contributed by atoms with Crippen LogP contribution in [0.15, 0.2) is 137 Å². The average molecular weight is 656 g/mol. The fourth-order valence-corrected chi connectivity index (χ4v) is 6.68. The molecule has 0 saturated heterocycles. The van der Waals surface area contributed by atoms with Gasteiger partial charge in [-0.25, -0.2) is 13.2 Å². The Morgan fingerprint density at radius 2 is 1.50 bits per heavy atom. The molecule has 1 atom stereocenters. The number of halogens is 1. The van der Waals surface area contributed by atoms with E-state index in [9.17, 15) is 23.4 Å². The molecule has 7 nitrogen and oxygen atoms in total. The Bertz CT molecular complexity index is 1880. The average Bonchev–Trinajstić information content (AvgIpc) is 3.06. The Balaban J connectivity index is 1.23. The van der Waals surface area contributed by atoms with Crippen molar-refractivity contribution in [2.24, 2.45) is 0 Å². The third-order valence-electron chi connectivity index (χ3n) is 7.55. The summed E-state index contributed by atoms with van der Waals surface area (Å²) >= 11 is 6.15. The SMILES string of the molecule is O=C(O)c1ccccc1Oc1cccc(S(=O)(=O)c2ccc(CCCN(Cc3ccccc3)C[C@@H](O)c3cccc(Cl)c3)cc2)c1. The van der Waals surface area contributed by atoms with Crippen LogP contribution >= 0.6 is 11.6 Å². The largest absolute Gasteiger partial charge is 0.478 e. The zero-order valence-corrected chi connectivity index (χ0v) is 26.6. The highest BCUT2D eigenvalue weighted by atomic mass is 35.5. The minimum Gasteiger partial charge on any atom is -0.478 e. The molecule has 0 bridgehead atoms. The Labute approximate surface area is 274 Å². The fourth-order valence-electron chi connectivity index (χ4n) is 5.18. The topological polar surface area (TPSA) is 104 Å². The lowest BCUT2D eigenvalue weighted by Crippen LogP contribution is -2.29. The molecule has 46 heavy (non-hydrogen) atoms. The van der Waals surface area contributed by atoms with E-state index in [4.69, 9.17) is 16.3 Å². The van der Waals surface area contributed by atoms with E-state index in [1.165, 1.54) is 24.3 Å². The number of aliphatic hydroxyl groups excluding tert-OH is 1. The number of aryl methyl sites for hydroxylation is 1. The Hall–Kier alpha value is -4.47. The molecule has 0 aliphatic heterocycles. The number of aromatic carboxylic acids is 1. The third-order valence-corrected chi connectivity index (χ3v) is 9.55. The van der Waals surface area contributed by atoms with Gasteiger partial charge in [0, 0.05) is 18.1 Å². The van der Waals surface area contributed by atoms with E-state index in [1.54, 1.807) is 48.5 Å². The summed E-state index contributed by atoms with van der Waals surface area (Å²) in [5, 5.41) is 21.0. The second-order valence-electron chi connectivity index (χ2n) is 10.9. The molecule has 0 saturated carbocycles. The van der Waals surface area contributed by atoms with Gasteiger partial charge >= 0.3 is 5.97 Å². The molecule has 236 valence electrons. The molecule has 0 radical (unpaired) electrons. The molecular formula is C37H34ClNO6S. The van der Waals surface area contributed by atoms with E-state index in [0.717, 1.165) is 36.1 Å². The predicted octanol–water partition coefficient (Wildman–Crippen LogP) is 7.83. The number of ether oxygens (including phenoxy) is 1. The number of hydrogen-bond acceptors (Lipinski definition) is 6. The van der Waals surface area contributed by atoms with Gasteiger partial charge in [-0.05, 0) is 90.7 Å².